The smallest absolute Gasteiger partial charge is 0.304 e. The molecule has 0 aliphatic carbocycles. The van der Waals surface area contributed by atoms with Crippen molar-refractivity contribution in [2.24, 2.45) is 0 Å². The maximum absolute atomic E-state index is 11.5. The Morgan fingerprint density at radius 1 is 1.23 bits per heavy atom. The molecule has 1 aliphatic rings. The van der Waals surface area contributed by atoms with Gasteiger partial charge in [0.2, 0.25) is 0 Å². The van der Waals surface area contributed by atoms with Gasteiger partial charge in [-0.05, 0) is 61.2 Å². The Balaban J connectivity index is 2.01. The van der Waals surface area contributed by atoms with Crippen molar-refractivity contribution in [3.63, 3.8) is 0 Å². The van der Waals surface area contributed by atoms with Gasteiger partial charge in [-0.1, -0.05) is 13.0 Å². The summed E-state index contributed by atoms with van der Waals surface area (Å²) in [5.41, 5.74) is 4.07. The second kappa shape index (κ2) is 12.3. The van der Waals surface area contributed by atoms with Crippen molar-refractivity contribution in [1.82, 2.24) is 0 Å². The molecule has 1 saturated heterocycles. The van der Waals surface area contributed by atoms with E-state index in [-0.39, 0.29) is 18.4 Å². The molecule has 1 fully saturated rings. The van der Waals surface area contributed by atoms with E-state index in [2.05, 4.69) is 23.2 Å². The van der Waals surface area contributed by atoms with E-state index in [0.717, 1.165) is 35.6 Å². The molecular weight excluding hydrogens is 466 g/mol. The van der Waals surface area contributed by atoms with Crippen LogP contribution in [0.15, 0.2) is 42.5 Å². The van der Waals surface area contributed by atoms with Gasteiger partial charge < -0.3 is 20.1 Å². The summed E-state index contributed by atoms with van der Waals surface area (Å²) in [5.74, 6) is -0.368. The maximum atomic E-state index is 11.5. The van der Waals surface area contributed by atoms with Crippen LogP contribution in [-0.2, 0) is 9.53 Å². The summed E-state index contributed by atoms with van der Waals surface area (Å²) >= 11 is 0. The molecule has 2 aromatic carbocycles. The van der Waals surface area contributed by atoms with Gasteiger partial charge in [-0.2, -0.15) is 15.9 Å². The summed E-state index contributed by atoms with van der Waals surface area (Å²) in [4.78, 5) is 13.8. The van der Waals surface area contributed by atoms with Gasteiger partial charge in [-0.25, -0.2) is 0 Å². The average Bonchev–Trinajstić information content (AvgIpc) is 2.83. The number of nitriles is 1. The topological polar surface area (TPSA) is 126 Å². The van der Waals surface area contributed by atoms with Crippen molar-refractivity contribution in [3.8, 4) is 6.07 Å². The van der Waals surface area contributed by atoms with E-state index >= 15 is 0 Å². The van der Waals surface area contributed by atoms with Crippen LogP contribution in [0.3, 0.4) is 0 Å². The van der Waals surface area contributed by atoms with Gasteiger partial charge in [-0.3, -0.25) is 13.9 Å². The molecule has 0 spiro atoms. The number of hydrogen-bond acceptors (Lipinski definition) is 7. The number of carbonyl (C=O) groups is 1. The third-order valence-corrected chi connectivity index (χ3v) is 8.12. The monoisotopic (exact) mass is 501 g/mol. The minimum absolute atomic E-state index is 0.0390. The highest BCUT2D eigenvalue weighted by molar-refractivity contribution is 8.24. The third-order valence-electron chi connectivity index (χ3n) is 6.34. The maximum Gasteiger partial charge on any atom is 0.304 e. The van der Waals surface area contributed by atoms with Gasteiger partial charge in [0.1, 0.15) is 0 Å². The molecule has 1 unspecified atom stereocenters. The molecule has 1 atom stereocenters. The molecule has 3 rings (SSSR count). The number of rotatable bonds is 11. The number of nitrogens with zero attached hydrogens (tertiary/aromatic N) is 2. The summed E-state index contributed by atoms with van der Waals surface area (Å²) in [6.07, 6.45) is 2.29. The number of ether oxygens (including phenoxy) is 1. The molecule has 1 aliphatic heterocycles. The molecule has 8 nitrogen and oxygen atoms in total. The highest BCUT2D eigenvalue weighted by Crippen LogP contribution is 2.46. The number of methoxy groups -OCH3 is 1. The van der Waals surface area contributed by atoms with Crippen LogP contribution in [0.5, 0.6) is 0 Å². The molecule has 190 valence electrons. The Morgan fingerprint density at radius 2 is 1.91 bits per heavy atom. The van der Waals surface area contributed by atoms with E-state index in [1.165, 1.54) is 0 Å². The van der Waals surface area contributed by atoms with Gasteiger partial charge in [0, 0.05) is 42.8 Å². The molecule has 0 aromatic heterocycles. The minimum Gasteiger partial charge on any atom is -0.481 e. The van der Waals surface area contributed by atoms with Crippen LogP contribution in [0.25, 0.3) is 0 Å². The summed E-state index contributed by atoms with van der Waals surface area (Å²) in [5, 5.41) is 22.0. The fourth-order valence-corrected chi connectivity index (χ4v) is 6.08. The first kappa shape index (κ1) is 26.8. The fourth-order valence-electron chi connectivity index (χ4n) is 4.57. The zero-order valence-corrected chi connectivity index (χ0v) is 21.1. The van der Waals surface area contributed by atoms with Crippen LogP contribution in [0.4, 0.5) is 17.1 Å². The van der Waals surface area contributed by atoms with Gasteiger partial charge in [0.15, 0.2) is 0 Å². The lowest BCUT2D eigenvalue weighted by Crippen LogP contribution is -2.41. The van der Waals surface area contributed by atoms with Gasteiger partial charge in [0.05, 0.1) is 36.0 Å². The molecule has 35 heavy (non-hydrogen) atoms. The van der Waals surface area contributed by atoms with Crippen molar-refractivity contribution in [1.29, 1.82) is 5.26 Å². The van der Waals surface area contributed by atoms with Crippen LogP contribution < -0.4 is 10.2 Å². The Hall–Kier alpha value is -2.77. The number of carboxylic acids is 1. The van der Waals surface area contributed by atoms with Gasteiger partial charge >= 0.3 is 5.97 Å². The fraction of sp³-hybridized carbons (Fsp3) is 0.462. The molecule has 0 amide bonds. The molecule has 2 aromatic rings. The minimum atomic E-state index is -2.49. The first-order chi connectivity index (χ1) is 16.8. The highest BCUT2D eigenvalue weighted by atomic mass is 32.3. The Morgan fingerprint density at radius 3 is 2.49 bits per heavy atom. The lowest BCUT2D eigenvalue weighted by atomic mass is 9.95. The Labute approximate surface area is 208 Å². The van der Waals surface area contributed by atoms with E-state index in [1.54, 1.807) is 19.2 Å². The van der Waals surface area contributed by atoms with E-state index < -0.39 is 16.6 Å². The number of hydrogen-bond donors (Lipinski definition) is 4. The van der Waals surface area contributed by atoms with Crippen molar-refractivity contribution in [3.05, 3.63) is 53.6 Å². The van der Waals surface area contributed by atoms with Crippen molar-refractivity contribution >= 4 is 33.6 Å². The second-order valence-electron chi connectivity index (χ2n) is 8.98. The van der Waals surface area contributed by atoms with E-state index in [9.17, 15) is 19.0 Å². The summed E-state index contributed by atoms with van der Waals surface area (Å²) in [6.45, 7) is 3.22. The zero-order valence-electron chi connectivity index (χ0n) is 20.3. The van der Waals surface area contributed by atoms with E-state index in [4.69, 9.17) is 10.00 Å². The van der Waals surface area contributed by atoms with E-state index in [0.29, 0.717) is 36.5 Å². The number of nitrogens with one attached hydrogen (secondary N) is 1. The van der Waals surface area contributed by atoms with Gasteiger partial charge in [-0.15, -0.1) is 0 Å². The number of anilines is 3. The predicted octanol–water partition coefficient (Wildman–Crippen LogP) is 5.64. The van der Waals surface area contributed by atoms with Crippen LogP contribution in [0, 0.1) is 11.3 Å². The predicted molar refractivity (Wildman–Crippen MR) is 141 cm³/mol. The van der Waals surface area contributed by atoms with Crippen LogP contribution in [0.1, 0.15) is 49.7 Å². The summed E-state index contributed by atoms with van der Waals surface area (Å²) < 4.78 is 25.5. The summed E-state index contributed by atoms with van der Waals surface area (Å²) in [6, 6.07) is 15.5. The molecule has 9 heteroatoms. The molecule has 4 N–H and O–H groups in total. The lowest BCUT2D eigenvalue weighted by molar-refractivity contribution is -0.137. The molecule has 1 heterocycles. The Kier molecular flexibility index (Phi) is 9.40. The number of aliphatic carboxylic acids is 1. The third kappa shape index (κ3) is 7.36. The number of carboxylic acid groups (broad SMARTS) is 1. The molecular formula is C26H35N3O5S. The lowest BCUT2D eigenvalue weighted by Gasteiger charge is -2.44. The normalized spacial score (nSPS) is 17.2. The standard InChI is InChI=1S/C26H35N3O5S/c1-3-12-29(23-10-13-35(32,33)14-11-23)25-9-6-20(21(18-34-2)16-26(30)31)15-24(25)28-22-7-4-19(17-27)5-8-22/h4-9,15,21,23,28,32-33H,3,10-14,16,18H2,1-2H3,(H,30,31). The van der Waals surface area contributed by atoms with E-state index in [1.807, 2.05) is 30.3 Å². The summed E-state index contributed by atoms with van der Waals surface area (Å²) in [7, 11) is -0.921. The van der Waals surface area contributed by atoms with Crippen molar-refractivity contribution < 1.29 is 23.7 Å². The molecule has 0 radical (unpaired) electrons. The number of benzene rings is 2. The largest absolute Gasteiger partial charge is 0.481 e. The van der Waals surface area contributed by atoms with Crippen molar-refractivity contribution in [2.75, 3.05) is 42.0 Å². The SMILES string of the molecule is CCCN(c1ccc(C(COC)CC(=O)O)cc1Nc1ccc(C#N)cc1)C1CCS(O)(O)CC1. The zero-order chi connectivity index (χ0) is 25.4. The first-order valence-corrected chi connectivity index (χ1v) is 13.8. The van der Waals surface area contributed by atoms with Crippen LogP contribution >= 0.6 is 10.6 Å². The molecule has 0 saturated carbocycles. The van der Waals surface area contributed by atoms with Crippen LogP contribution in [-0.4, -0.2) is 58.0 Å². The molecule has 0 bridgehead atoms. The van der Waals surface area contributed by atoms with Crippen molar-refractivity contribution in [2.45, 2.75) is 44.6 Å². The Bertz CT molecular complexity index is 1030. The quantitative estimate of drug-likeness (QED) is 0.312. The van der Waals surface area contributed by atoms with Gasteiger partial charge in [0.25, 0.3) is 0 Å². The first-order valence-electron chi connectivity index (χ1n) is 11.9. The average molecular weight is 502 g/mol. The highest BCUT2D eigenvalue weighted by Gasteiger charge is 2.29. The van der Waals surface area contributed by atoms with Crippen LogP contribution in [0.2, 0.25) is 0 Å². The second-order valence-corrected chi connectivity index (χ2v) is 11.4.